The normalized spacial score (nSPS) is 10.5. The number of rotatable bonds is 7. The first-order chi connectivity index (χ1) is 9.75. The number of benzene rings is 1. The smallest absolute Gasteiger partial charge is 0.273 e. The van der Waals surface area contributed by atoms with Crippen LogP contribution in [0.1, 0.15) is 13.8 Å². The Kier molecular flexibility index (Phi) is 7.83. The van der Waals surface area contributed by atoms with Crippen LogP contribution in [-0.4, -0.2) is 42.5 Å². The van der Waals surface area contributed by atoms with Crippen LogP contribution < -0.4 is 10.5 Å². The highest BCUT2D eigenvalue weighted by molar-refractivity contribution is 5.85. The first-order valence-electron chi connectivity index (χ1n) is 6.56. The maximum Gasteiger partial charge on any atom is 0.273 e. The number of nitrogens with two attached hydrogens (primary N) is 1. The summed E-state index contributed by atoms with van der Waals surface area (Å²) in [4.78, 5) is 23.6. The molecule has 0 heterocycles. The van der Waals surface area contributed by atoms with Gasteiger partial charge in [-0.15, -0.1) is 12.4 Å². The summed E-state index contributed by atoms with van der Waals surface area (Å²) in [6, 6.07) is 5.74. The van der Waals surface area contributed by atoms with Gasteiger partial charge in [-0.05, 0) is 18.0 Å². The fourth-order valence-electron chi connectivity index (χ4n) is 1.74. The zero-order valence-electron chi connectivity index (χ0n) is 12.9. The zero-order valence-corrected chi connectivity index (χ0v) is 13.8. The van der Waals surface area contributed by atoms with Crippen LogP contribution in [0.4, 0.5) is 5.69 Å². The molecule has 0 aliphatic rings. The second-order valence-electron chi connectivity index (χ2n) is 5.66. The van der Waals surface area contributed by atoms with Gasteiger partial charge in [-0.3, -0.25) is 14.9 Å². The van der Waals surface area contributed by atoms with Crippen LogP contribution in [-0.2, 0) is 4.79 Å². The summed E-state index contributed by atoms with van der Waals surface area (Å²) in [5, 5.41) is 10.7. The molecule has 0 aliphatic heterocycles. The van der Waals surface area contributed by atoms with Crippen molar-refractivity contribution in [3.8, 4) is 5.75 Å². The summed E-state index contributed by atoms with van der Waals surface area (Å²) in [5.41, 5.74) is 5.39. The van der Waals surface area contributed by atoms with Crippen LogP contribution in [0.5, 0.6) is 5.75 Å². The lowest BCUT2D eigenvalue weighted by atomic mass is 9.93. The van der Waals surface area contributed by atoms with E-state index in [1.807, 2.05) is 13.8 Å². The van der Waals surface area contributed by atoms with E-state index in [9.17, 15) is 14.9 Å². The summed E-state index contributed by atoms with van der Waals surface area (Å²) < 4.78 is 5.30. The van der Waals surface area contributed by atoms with E-state index in [1.54, 1.807) is 18.0 Å². The molecule has 0 aliphatic carbocycles. The highest BCUT2D eigenvalue weighted by atomic mass is 35.5. The van der Waals surface area contributed by atoms with Crippen molar-refractivity contribution in [2.24, 2.45) is 11.1 Å². The van der Waals surface area contributed by atoms with Crippen molar-refractivity contribution in [3.63, 3.8) is 0 Å². The predicted molar refractivity (Wildman–Crippen MR) is 86.3 cm³/mol. The number of nitro groups is 1. The second kappa shape index (κ2) is 8.55. The molecule has 0 unspecified atom stereocenters. The first-order valence-corrected chi connectivity index (χ1v) is 6.56. The van der Waals surface area contributed by atoms with Crippen molar-refractivity contribution < 1.29 is 14.5 Å². The molecule has 0 bridgehead atoms. The zero-order chi connectivity index (χ0) is 16.0. The molecule has 8 heteroatoms. The van der Waals surface area contributed by atoms with Crippen molar-refractivity contribution in [1.82, 2.24) is 4.90 Å². The average Bonchev–Trinajstić information content (AvgIpc) is 2.44. The van der Waals surface area contributed by atoms with Gasteiger partial charge in [0.15, 0.2) is 6.61 Å². The predicted octanol–water partition coefficient (Wildman–Crippen LogP) is 1.84. The first kappa shape index (κ1) is 20.1. The number of nitrogens with zero attached hydrogens (tertiary/aromatic N) is 2. The van der Waals surface area contributed by atoms with Crippen LogP contribution >= 0.6 is 12.4 Å². The number of amides is 1. The molecule has 0 saturated carbocycles. The van der Waals surface area contributed by atoms with Gasteiger partial charge in [-0.25, -0.2) is 0 Å². The molecule has 0 spiro atoms. The Morgan fingerprint density at radius 3 is 2.64 bits per heavy atom. The van der Waals surface area contributed by atoms with Crippen LogP contribution in [0.15, 0.2) is 24.3 Å². The third-order valence-electron chi connectivity index (χ3n) is 3.03. The molecule has 22 heavy (non-hydrogen) atoms. The van der Waals surface area contributed by atoms with Gasteiger partial charge in [-0.2, -0.15) is 0 Å². The van der Waals surface area contributed by atoms with Crippen LogP contribution in [0, 0.1) is 15.5 Å². The molecule has 124 valence electrons. The molecular weight excluding hydrogens is 310 g/mol. The van der Waals surface area contributed by atoms with Crippen molar-refractivity contribution in [3.05, 3.63) is 34.4 Å². The minimum absolute atomic E-state index is 0. The van der Waals surface area contributed by atoms with Gasteiger partial charge in [0.1, 0.15) is 5.75 Å². The molecule has 0 aromatic heterocycles. The number of hydrogen-bond donors (Lipinski definition) is 1. The minimum atomic E-state index is -0.509. The Balaban J connectivity index is 0.00000441. The van der Waals surface area contributed by atoms with Gasteiger partial charge < -0.3 is 15.4 Å². The summed E-state index contributed by atoms with van der Waals surface area (Å²) in [6.07, 6.45) is 0. The third kappa shape index (κ3) is 6.28. The molecule has 1 aromatic carbocycles. The van der Waals surface area contributed by atoms with Crippen LogP contribution in [0.25, 0.3) is 0 Å². The van der Waals surface area contributed by atoms with Crippen molar-refractivity contribution in [2.75, 3.05) is 26.7 Å². The van der Waals surface area contributed by atoms with Gasteiger partial charge >= 0.3 is 0 Å². The lowest BCUT2D eigenvalue weighted by Crippen LogP contribution is -2.41. The van der Waals surface area contributed by atoms with E-state index in [0.717, 1.165) is 0 Å². The Labute approximate surface area is 136 Å². The van der Waals surface area contributed by atoms with E-state index in [4.69, 9.17) is 10.5 Å². The monoisotopic (exact) mass is 331 g/mol. The maximum atomic E-state index is 12.0. The number of carbonyl (C=O) groups excluding carboxylic acids is 1. The third-order valence-corrected chi connectivity index (χ3v) is 3.03. The molecule has 0 saturated heterocycles. The van der Waals surface area contributed by atoms with E-state index < -0.39 is 4.92 Å². The SMILES string of the molecule is CN(CC(C)(C)CN)C(=O)COc1cccc([N+](=O)[O-])c1.Cl. The molecule has 1 aromatic rings. The molecular formula is C14H22ClN3O4. The molecule has 1 amide bonds. The van der Waals surface area contributed by atoms with Crippen molar-refractivity contribution in [1.29, 1.82) is 0 Å². The van der Waals surface area contributed by atoms with Gasteiger partial charge in [-0.1, -0.05) is 19.9 Å². The van der Waals surface area contributed by atoms with Gasteiger partial charge in [0.25, 0.3) is 11.6 Å². The lowest BCUT2D eigenvalue weighted by molar-refractivity contribution is -0.384. The highest BCUT2D eigenvalue weighted by Crippen LogP contribution is 2.19. The minimum Gasteiger partial charge on any atom is -0.484 e. The van der Waals surface area contributed by atoms with E-state index in [2.05, 4.69) is 0 Å². The summed E-state index contributed by atoms with van der Waals surface area (Å²) in [5.74, 6) is 0.0899. The second-order valence-corrected chi connectivity index (χ2v) is 5.66. The molecule has 0 radical (unpaired) electrons. The van der Waals surface area contributed by atoms with Gasteiger partial charge in [0.05, 0.1) is 11.0 Å². The van der Waals surface area contributed by atoms with Gasteiger partial charge in [0, 0.05) is 19.7 Å². The largest absolute Gasteiger partial charge is 0.484 e. The lowest BCUT2D eigenvalue weighted by Gasteiger charge is -2.28. The van der Waals surface area contributed by atoms with Gasteiger partial charge in [0.2, 0.25) is 0 Å². The van der Waals surface area contributed by atoms with E-state index in [1.165, 1.54) is 18.2 Å². The molecule has 2 N–H and O–H groups in total. The molecule has 0 fully saturated rings. The van der Waals surface area contributed by atoms with E-state index in [0.29, 0.717) is 18.8 Å². The van der Waals surface area contributed by atoms with Crippen LogP contribution in [0.3, 0.4) is 0 Å². The van der Waals surface area contributed by atoms with E-state index in [-0.39, 0.29) is 36.0 Å². The van der Waals surface area contributed by atoms with Crippen LogP contribution in [0.2, 0.25) is 0 Å². The number of hydrogen-bond acceptors (Lipinski definition) is 5. The highest BCUT2D eigenvalue weighted by Gasteiger charge is 2.21. The standard InChI is InChI=1S/C14H21N3O4.ClH/c1-14(2,9-15)10-16(3)13(18)8-21-12-6-4-5-11(7-12)17(19)20;/h4-7H,8-10,15H2,1-3H3;1H. The fourth-order valence-corrected chi connectivity index (χ4v) is 1.74. The summed E-state index contributed by atoms with van der Waals surface area (Å²) >= 11 is 0. The Morgan fingerprint density at radius 1 is 1.45 bits per heavy atom. The number of nitro benzene ring substituents is 1. The Morgan fingerprint density at radius 2 is 2.09 bits per heavy atom. The number of likely N-dealkylation sites (N-methyl/N-ethyl adjacent to an activating group) is 1. The fraction of sp³-hybridized carbons (Fsp3) is 0.500. The Bertz CT molecular complexity index is 523. The summed E-state index contributed by atoms with van der Waals surface area (Å²) in [7, 11) is 1.68. The maximum absolute atomic E-state index is 12.0. The number of halogens is 1. The van der Waals surface area contributed by atoms with Crippen molar-refractivity contribution >= 4 is 24.0 Å². The summed E-state index contributed by atoms with van der Waals surface area (Å²) in [6.45, 7) is 4.76. The molecule has 1 rings (SSSR count). The van der Waals surface area contributed by atoms with Crippen molar-refractivity contribution in [2.45, 2.75) is 13.8 Å². The molecule has 7 nitrogen and oxygen atoms in total. The van der Waals surface area contributed by atoms with E-state index >= 15 is 0 Å². The quantitative estimate of drug-likeness (QED) is 0.607. The average molecular weight is 332 g/mol. The number of ether oxygens (including phenoxy) is 1. The molecule has 0 atom stereocenters. The topological polar surface area (TPSA) is 98.7 Å². The number of carbonyl (C=O) groups is 1. The Hall–Kier alpha value is -1.86. The number of non-ortho nitro benzene ring substituents is 1.